The van der Waals surface area contributed by atoms with Gasteiger partial charge in [-0.2, -0.15) is 0 Å². The zero-order valence-electron chi connectivity index (χ0n) is 12.2. The van der Waals surface area contributed by atoms with Gasteiger partial charge in [-0.15, -0.1) is 0 Å². The van der Waals surface area contributed by atoms with Crippen molar-refractivity contribution in [1.29, 1.82) is 0 Å². The number of nitrogens with one attached hydrogen (secondary N) is 1. The molecule has 4 heteroatoms. The molecule has 2 atom stereocenters. The molecule has 3 rings (SSSR count). The fraction of sp³-hybridized carbons (Fsp3) is 0.625. The maximum absolute atomic E-state index is 14.1. The van der Waals surface area contributed by atoms with Gasteiger partial charge in [0.05, 0.1) is 7.11 Å². The van der Waals surface area contributed by atoms with Crippen LogP contribution in [0.4, 0.5) is 4.39 Å². The standard InChI is InChI=1S/C16H23FN2O/c1-11-8-18-16(12-3-4-12)10-19(11)9-13-5-6-14(20-2)7-15(13)17/h5-7,11-12,16,18H,3-4,8-10H2,1-2H3. The molecule has 2 fully saturated rings. The molecular weight excluding hydrogens is 255 g/mol. The van der Waals surface area contributed by atoms with E-state index in [1.165, 1.54) is 18.9 Å². The fourth-order valence-electron chi connectivity index (χ4n) is 2.98. The Hall–Kier alpha value is -1.13. The van der Waals surface area contributed by atoms with Crippen molar-refractivity contribution in [1.82, 2.24) is 10.2 Å². The van der Waals surface area contributed by atoms with Crippen LogP contribution < -0.4 is 10.1 Å². The number of hydrogen-bond acceptors (Lipinski definition) is 3. The highest BCUT2D eigenvalue weighted by Gasteiger charge is 2.36. The van der Waals surface area contributed by atoms with Crippen LogP contribution in [-0.2, 0) is 6.54 Å². The molecule has 3 nitrogen and oxygen atoms in total. The van der Waals surface area contributed by atoms with Crippen LogP contribution in [0.2, 0.25) is 0 Å². The van der Waals surface area contributed by atoms with Crippen molar-refractivity contribution in [3.05, 3.63) is 29.6 Å². The SMILES string of the molecule is COc1ccc(CN2CC(C3CC3)NCC2C)c(F)c1. The van der Waals surface area contributed by atoms with Gasteiger partial charge < -0.3 is 10.1 Å². The van der Waals surface area contributed by atoms with Crippen LogP contribution in [0.5, 0.6) is 5.75 Å². The maximum Gasteiger partial charge on any atom is 0.131 e. The Morgan fingerprint density at radius 1 is 1.40 bits per heavy atom. The van der Waals surface area contributed by atoms with Gasteiger partial charge in [0.25, 0.3) is 0 Å². The zero-order valence-corrected chi connectivity index (χ0v) is 12.2. The van der Waals surface area contributed by atoms with Crippen molar-refractivity contribution in [2.45, 2.75) is 38.4 Å². The summed E-state index contributed by atoms with van der Waals surface area (Å²) in [5.41, 5.74) is 0.758. The van der Waals surface area contributed by atoms with Crippen LogP contribution in [0.1, 0.15) is 25.3 Å². The van der Waals surface area contributed by atoms with Crippen molar-refractivity contribution in [3.63, 3.8) is 0 Å². The van der Waals surface area contributed by atoms with Crippen molar-refractivity contribution in [2.24, 2.45) is 5.92 Å². The Balaban J connectivity index is 1.68. The van der Waals surface area contributed by atoms with Gasteiger partial charge in [-0.05, 0) is 31.7 Å². The van der Waals surface area contributed by atoms with E-state index in [9.17, 15) is 4.39 Å². The highest BCUT2D eigenvalue weighted by Crippen LogP contribution is 2.34. The minimum Gasteiger partial charge on any atom is -0.497 e. The molecule has 1 aliphatic carbocycles. The smallest absolute Gasteiger partial charge is 0.131 e. The Morgan fingerprint density at radius 2 is 2.20 bits per heavy atom. The lowest BCUT2D eigenvalue weighted by atomic mass is 10.0. The van der Waals surface area contributed by atoms with Crippen molar-refractivity contribution >= 4 is 0 Å². The molecule has 1 aliphatic heterocycles. The van der Waals surface area contributed by atoms with Crippen molar-refractivity contribution in [3.8, 4) is 5.75 Å². The van der Waals surface area contributed by atoms with Crippen LogP contribution in [-0.4, -0.2) is 37.2 Å². The lowest BCUT2D eigenvalue weighted by molar-refractivity contribution is 0.124. The van der Waals surface area contributed by atoms with Crippen LogP contribution in [0.15, 0.2) is 18.2 Å². The van der Waals surface area contributed by atoms with Crippen molar-refractivity contribution < 1.29 is 9.13 Å². The van der Waals surface area contributed by atoms with E-state index >= 15 is 0 Å². The van der Waals surface area contributed by atoms with E-state index in [2.05, 4.69) is 17.1 Å². The molecule has 0 amide bonds. The largest absolute Gasteiger partial charge is 0.497 e. The molecule has 0 bridgehead atoms. The van der Waals surface area contributed by atoms with Gasteiger partial charge in [0, 0.05) is 43.3 Å². The second-order valence-electron chi connectivity index (χ2n) is 6.09. The first-order chi connectivity index (χ1) is 9.67. The first-order valence-corrected chi connectivity index (χ1v) is 7.47. The van der Waals surface area contributed by atoms with Gasteiger partial charge in [-0.3, -0.25) is 4.90 Å². The summed E-state index contributed by atoms with van der Waals surface area (Å²) < 4.78 is 19.1. The monoisotopic (exact) mass is 278 g/mol. The van der Waals surface area contributed by atoms with Crippen LogP contribution in [0, 0.1) is 11.7 Å². The molecule has 2 unspecified atom stereocenters. The number of halogens is 1. The number of rotatable bonds is 4. The second-order valence-corrected chi connectivity index (χ2v) is 6.09. The number of nitrogens with zero attached hydrogens (tertiary/aromatic N) is 1. The summed E-state index contributed by atoms with van der Waals surface area (Å²) in [4.78, 5) is 2.39. The first-order valence-electron chi connectivity index (χ1n) is 7.47. The van der Waals surface area contributed by atoms with E-state index in [0.29, 0.717) is 24.4 Å². The molecule has 20 heavy (non-hydrogen) atoms. The van der Waals surface area contributed by atoms with E-state index in [1.807, 2.05) is 12.1 Å². The molecule has 1 aromatic rings. The molecule has 0 spiro atoms. The lowest BCUT2D eigenvalue weighted by Crippen LogP contribution is -2.55. The Bertz CT molecular complexity index is 476. The van der Waals surface area contributed by atoms with Gasteiger partial charge >= 0.3 is 0 Å². The summed E-state index contributed by atoms with van der Waals surface area (Å²) in [5, 5.41) is 3.62. The zero-order chi connectivity index (χ0) is 14.1. The van der Waals surface area contributed by atoms with Gasteiger partial charge in [0.2, 0.25) is 0 Å². The predicted molar refractivity (Wildman–Crippen MR) is 77.3 cm³/mol. The second kappa shape index (κ2) is 5.70. The molecule has 1 aromatic carbocycles. The highest BCUT2D eigenvalue weighted by atomic mass is 19.1. The maximum atomic E-state index is 14.1. The molecule has 1 saturated heterocycles. The van der Waals surface area contributed by atoms with Crippen molar-refractivity contribution in [2.75, 3.05) is 20.2 Å². The summed E-state index contributed by atoms with van der Waals surface area (Å²) in [6, 6.07) is 6.19. The van der Waals surface area contributed by atoms with Crippen LogP contribution in [0.3, 0.4) is 0 Å². The number of piperazine rings is 1. The number of hydrogen-bond donors (Lipinski definition) is 1. The van der Waals surface area contributed by atoms with E-state index in [0.717, 1.165) is 24.6 Å². The normalized spacial score (nSPS) is 27.6. The minimum atomic E-state index is -0.168. The van der Waals surface area contributed by atoms with Crippen LogP contribution >= 0.6 is 0 Å². The average molecular weight is 278 g/mol. The summed E-state index contributed by atoms with van der Waals surface area (Å²) >= 11 is 0. The third-order valence-electron chi connectivity index (χ3n) is 4.55. The fourth-order valence-corrected chi connectivity index (χ4v) is 2.98. The molecular formula is C16H23FN2O. The third kappa shape index (κ3) is 2.96. The third-order valence-corrected chi connectivity index (χ3v) is 4.55. The number of benzene rings is 1. The molecule has 1 N–H and O–H groups in total. The van der Waals surface area contributed by atoms with E-state index < -0.39 is 0 Å². The Morgan fingerprint density at radius 3 is 2.85 bits per heavy atom. The highest BCUT2D eigenvalue weighted by molar-refractivity contribution is 5.29. The van der Waals surface area contributed by atoms with E-state index in [4.69, 9.17) is 4.74 Å². The molecule has 2 aliphatic rings. The molecule has 0 radical (unpaired) electrons. The quantitative estimate of drug-likeness (QED) is 0.915. The predicted octanol–water partition coefficient (Wildman–Crippen LogP) is 2.41. The van der Waals surface area contributed by atoms with Gasteiger partial charge in [0.15, 0.2) is 0 Å². The van der Waals surface area contributed by atoms with Crippen LogP contribution in [0.25, 0.3) is 0 Å². The molecule has 110 valence electrons. The summed E-state index contributed by atoms with van der Waals surface area (Å²) in [6.07, 6.45) is 2.69. The Labute approximate surface area is 120 Å². The molecule has 1 saturated carbocycles. The van der Waals surface area contributed by atoms with E-state index in [-0.39, 0.29) is 5.82 Å². The summed E-state index contributed by atoms with van der Waals surface area (Å²) in [7, 11) is 1.56. The number of methoxy groups -OCH3 is 1. The minimum absolute atomic E-state index is 0.168. The molecule has 1 heterocycles. The van der Waals surface area contributed by atoms with E-state index in [1.54, 1.807) is 7.11 Å². The number of ether oxygens (including phenoxy) is 1. The average Bonchev–Trinajstić information content (AvgIpc) is 3.27. The topological polar surface area (TPSA) is 24.5 Å². The lowest BCUT2D eigenvalue weighted by Gasteiger charge is -2.39. The Kier molecular flexibility index (Phi) is 3.94. The molecule has 0 aromatic heterocycles. The van der Waals surface area contributed by atoms with Gasteiger partial charge in [-0.1, -0.05) is 6.07 Å². The summed E-state index contributed by atoms with van der Waals surface area (Å²) in [6.45, 7) is 4.91. The summed E-state index contributed by atoms with van der Waals surface area (Å²) in [5.74, 6) is 1.25. The van der Waals surface area contributed by atoms with Gasteiger partial charge in [0.1, 0.15) is 11.6 Å². The van der Waals surface area contributed by atoms with Gasteiger partial charge in [-0.25, -0.2) is 4.39 Å². The first kappa shape index (κ1) is 13.8.